The van der Waals surface area contributed by atoms with Gasteiger partial charge in [0.25, 0.3) is 0 Å². The highest BCUT2D eigenvalue weighted by molar-refractivity contribution is 5.51. The lowest BCUT2D eigenvalue weighted by atomic mass is 10.1. The van der Waals surface area contributed by atoms with E-state index in [1.54, 1.807) is 0 Å². The largest absolute Gasteiger partial charge is 0.494 e. The van der Waals surface area contributed by atoms with E-state index in [1.165, 1.54) is 24.9 Å². The highest BCUT2D eigenvalue weighted by atomic mass is 16.5. The lowest BCUT2D eigenvalue weighted by Crippen LogP contribution is -2.55. The van der Waals surface area contributed by atoms with Crippen LogP contribution in [0.25, 0.3) is 0 Å². The van der Waals surface area contributed by atoms with Crippen molar-refractivity contribution in [1.82, 2.24) is 5.32 Å². The topological polar surface area (TPSA) is 24.5 Å². The highest BCUT2D eigenvalue weighted by Crippen LogP contribution is 2.31. The van der Waals surface area contributed by atoms with Crippen LogP contribution < -0.4 is 15.0 Å². The Morgan fingerprint density at radius 2 is 2.11 bits per heavy atom. The lowest BCUT2D eigenvalue weighted by molar-refractivity contribution is 0.340. The minimum absolute atomic E-state index is 0.691. The van der Waals surface area contributed by atoms with Crippen LogP contribution in [0.5, 0.6) is 5.75 Å². The summed E-state index contributed by atoms with van der Waals surface area (Å²) in [7, 11) is 0. The number of fused-ring (bicyclic) bond motifs is 1. The first kappa shape index (κ1) is 11.8. The molecule has 98 valence electrons. The van der Waals surface area contributed by atoms with Gasteiger partial charge in [-0.15, -0.1) is 0 Å². The monoisotopic (exact) mass is 246 g/mol. The summed E-state index contributed by atoms with van der Waals surface area (Å²) < 4.78 is 5.50. The molecular formula is C15H22N2O. The quantitative estimate of drug-likeness (QED) is 0.886. The normalized spacial score (nSPS) is 27.1. The Hall–Kier alpha value is -1.22. The molecule has 2 aliphatic rings. The smallest absolute Gasteiger partial charge is 0.119 e. The molecule has 0 amide bonds. The van der Waals surface area contributed by atoms with E-state index in [0.717, 1.165) is 25.4 Å². The Kier molecular flexibility index (Phi) is 3.41. The van der Waals surface area contributed by atoms with E-state index in [4.69, 9.17) is 4.74 Å². The molecule has 3 nitrogen and oxygen atoms in total. The van der Waals surface area contributed by atoms with Gasteiger partial charge >= 0.3 is 0 Å². The molecule has 2 fully saturated rings. The zero-order chi connectivity index (χ0) is 12.4. The molecule has 1 aliphatic carbocycles. The maximum absolute atomic E-state index is 5.50. The molecule has 1 saturated heterocycles. The summed E-state index contributed by atoms with van der Waals surface area (Å²) in [5.74, 6) is 0.972. The Bertz CT molecular complexity index is 390. The standard InChI is InChI=1S/C15H22N2O/c1-2-18-13-8-6-12(7-9-13)17-11-10-16-14-4-3-5-15(14)17/h6-9,14-16H,2-5,10-11H2,1H3/t14-,15-/m0/s1. The Labute approximate surface area is 109 Å². The third-order valence-corrected chi connectivity index (χ3v) is 4.12. The minimum Gasteiger partial charge on any atom is -0.494 e. The molecule has 0 spiro atoms. The Morgan fingerprint density at radius 3 is 2.89 bits per heavy atom. The Morgan fingerprint density at radius 1 is 1.28 bits per heavy atom. The van der Waals surface area contributed by atoms with E-state index in [1.807, 2.05) is 6.92 Å². The number of nitrogens with zero attached hydrogens (tertiary/aromatic N) is 1. The second kappa shape index (κ2) is 5.19. The van der Waals surface area contributed by atoms with E-state index < -0.39 is 0 Å². The molecule has 0 radical (unpaired) electrons. The predicted octanol–water partition coefficient (Wildman–Crippen LogP) is 2.42. The lowest BCUT2D eigenvalue weighted by Gasteiger charge is -2.40. The number of anilines is 1. The fraction of sp³-hybridized carbons (Fsp3) is 0.600. The molecular weight excluding hydrogens is 224 g/mol. The van der Waals surface area contributed by atoms with Gasteiger partial charge in [-0.2, -0.15) is 0 Å². The van der Waals surface area contributed by atoms with Crippen molar-refractivity contribution in [2.24, 2.45) is 0 Å². The van der Waals surface area contributed by atoms with Crippen LogP contribution in [0.4, 0.5) is 5.69 Å². The molecule has 1 N–H and O–H groups in total. The van der Waals surface area contributed by atoms with Crippen LogP contribution in [0.15, 0.2) is 24.3 Å². The molecule has 18 heavy (non-hydrogen) atoms. The van der Waals surface area contributed by atoms with Gasteiger partial charge in [0.05, 0.1) is 6.61 Å². The number of piperazine rings is 1. The minimum atomic E-state index is 0.691. The number of ether oxygens (including phenoxy) is 1. The maximum atomic E-state index is 5.50. The summed E-state index contributed by atoms with van der Waals surface area (Å²) in [6.07, 6.45) is 4.01. The molecule has 3 heteroatoms. The maximum Gasteiger partial charge on any atom is 0.119 e. The molecule has 0 bridgehead atoms. The summed E-state index contributed by atoms with van der Waals surface area (Å²) in [5, 5.41) is 3.65. The van der Waals surface area contributed by atoms with Crippen LogP contribution in [-0.2, 0) is 0 Å². The van der Waals surface area contributed by atoms with Crippen LogP contribution in [0.2, 0.25) is 0 Å². The summed E-state index contributed by atoms with van der Waals surface area (Å²) in [4.78, 5) is 2.57. The third-order valence-electron chi connectivity index (χ3n) is 4.12. The van der Waals surface area contributed by atoms with Gasteiger partial charge in [0.1, 0.15) is 5.75 Å². The molecule has 0 aromatic heterocycles. The summed E-state index contributed by atoms with van der Waals surface area (Å²) >= 11 is 0. The van der Waals surface area contributed by atoms with E-state index in [2.05, 4.69) is 34.5 Å². The second-order valence-corrected chi connectivity index (χ2v) is 5.18. The SMILES string of the molecule is CCOc1ccc(N2CCN[C@H]3CCC[C@@H]32)cc1. The number of benzene rings is 1. The molecule has 2 atom stereocenters. The van der Waals surface area contributed by atoms with Crippen LogP contribution in [-0.4, -0.2) is 31.8 Å². The second-order valence-electron chi connectivity index (χ2n) is 5.18. The van der Waals surface area contributed by atoms with Crippen molar-refractivity contribution in [3.63, 3.8) is 0 Å². The van der Waals surface area contributed by atoms with Crippen LogP contribution >= 0.6 is 0 Å². The number of hydrogen-bond acceptors (Lipinski definition) is 3. The zero-order valence-electron chi connectivity index (χ0n) is 11.1. The number of rotatable bonds is 3. The van der Waals surface area contributed by atoms with Gasteiger partial charge in [0, 0.05) is 30.9 Å². The summed E-state index contributed by atoms with van der Waals surface area (Å²) in [5.41, 5.74) is 1.34. The number of hydrogen-bond donors (Lipinski definition) is 1. The van der Waals surface area contributed by atoms with E-state index in [-0.39, 0.29) is 0 Å². The van der Waals surface area contributed by atoms with Gasteiger partial charge in [-0.05, 0) is 50.5 Å². The molecule has 1 aliphatic heterocycles. The van der Waals surface area contributed by atoms with E-state index in [0.29, 0.717) is 12.1 Å². The van der Waals surface area contributed by atoms with Gasteiger partial charge in [0.2, 0.25) is 0 Å². The van der Waals surface area contributed by atoms with Crippen molar-refractivity contribution in [1.29, 1.82) is 0 Å². The molecule has 1 saturated carbocycles. The Balaban J connectivity index is 1.76. The molecule has 1 aromatic carbocycles. The van der Waals surface area contributed by atoms with E-state index >= 15 is 0 Å². The third kappa shape index (κ3) is 2.19. The van der Waals surface area contributed by atoms with E-state index in [9.17, 15) is 0 Å². The van der Waals surface area contributed by atoms with Crippen molar-refractivity contribution in [2.45, 2.75) is 38.3 Å². The average molecular weight is 246 g/mol. The van der Waals surface area contributed by atoms with Crippen LogP contribution in [0.3, 0.4) is 0 Å². The van der Waals surface area contributed by atoms with Crippen molar-refractivity contribution >= 4 is 5.69 Å². The first-order chi connectivity index (χ1) is 8.88. The van der Waals surface area contributed by atoms with Crippen LogP contribution in [0.1, 0.15) is 26.2 Å². The fourth-order valence-electron chi connectivity index (χ4n) is 3.31. The number of nitrogens with one attached hydrogen (secondary N) is 1. The average Bonchev–Trinajstić information content (AvgIpc) is 2.88. The molecule has 1 heterocycles. The van der Waals surface area contributed by atoms with Crippen LogP contribution in [0, 0.1) is 0 Å². The first-order valence-electron chi connectivity index (χ1n) is 7.11. The van der Waals surface area contributed by atoms with Crippen molar-refractivity contribution in [3.8, 4) is 5.75 Å². The summed E-state index contributed by atoms with van der Waals surface area (Å²) in [6, 6.07) is 9.97. The van der Waals surface area contributed by atoms with Crippen molar-refractivity contribution in [2.75, 3.05) is 24.6 Å². The zero-order valence-corrected chi connectivity index (χ0v) is 11.1. The summed E-state index contributed by atoms with van der Waals surface area (Å²) in [6.45, 7) is 4.98. The molecule has 3 rings (SSSR count). The first-order valence-corrected chi connectivity index (χ1v) is 7.11. The van der Waals surface area contributed by atoms with Gasteiger partial charge < -0.3 is 15.0 Å². The molecule has 0 unspecified atom stereocenters. The van der Waals surface area contributed by atoms with Gasteiger partial charge in [0.15, 0.2) is 0 Å². The van der Waals surface area contributed by atoms with Crippen molar-refractivity contribution in [3.05, 3.63) is 24.3 Å². The highest BCUT2D eigenvalue weighted by Gasteiger charge is 2.34. The molecule has 1 aromatic rings. The fourth-order valence-corrected chi connectivity index (χ4v) is 3.31. The van der Waals surface area contributed by atoms with Gasteiger partial charge in [-0.1, -0.05) is 0 Å². The predicted molar refractivity (Wildman–Crippen MR) is 74.4 cm³/mol. The van der Waals surface area contributed by atoms with Gasteiger partial charge in [-0.3, -0.25) is 0 Å². The van der Waals surface area contributed by atoms with Gasteiger partial charge in [-0.25, -0.2) is 0 Å². The van der Waals surface area contributed by atoms with Crippen molar-refractivity contribution < 1.29 is 4.74 Å².